The lowest BCUT2D eigenvalue weighted by atomic mass is 9.95. The van der Waals surface area contributed by atoms with Gasteiger partial charge in [-0.25, -0.2) is 13.2 Å². The van der Waals surface area contributed by atoms with E-state index in [0.29, 0.717) is 29.0 Å². The van der Waals surface area contributed by atoms with Gasteiger partial charge in [0.25, 0.3) is 0 Å². The summed E-state index contributed by atoms with van der Waals surface area (Å²) in [7, 11) is -2.58. The van der Waals surface area contributed by atoms with E-state index in [0.717, 1.165) is 0 Å². The van der Waals surface area contributed by atoms with E-state index in [4.69, 9.17) is 10.5 Å². The molecule has 0 saturated carbocycles. The second kappa shape index (κ2) is 6.76. The zero-order chi connectivity index (χ0) is 18.9. The number of nitrogen functional groups attached to an aromatic ring is 1. The number of sulfone groups is 1. The van der Waals surface area contributed by atoms with Crippen molar-refractivity contribution < 1.29 is 23.1 Å². The smallest absolute Gasteiger partial charge is 0.337 e. The second-order valence-electron chi connectivity index (χ2n) is 5.68. The molecule has 0 aliphatic rings. The van der Waals surface area contributed by atoms with Crippen LogP contribution in [0.2, 0.25) is 0 Å². The molecule has 25 heavy (non-hydrogen) atoms. The molecule has 3 N–H and O–H groups in total. The number of hydrogen-bond donors (Lipinski definition) is 2. The first-order valence-electron chi connectivity index (χ1n) is 7.70. The predicted octanol–water partition coefficient (Wildman–Crippen LogP) is 2.99. The van der Waals surface area contributed by atoms with Gasteiger partial charge in [0, 0.05) is 5.69 Å². The maximum Gasteiger partial charge on any atom is 0.337 e. The van der Waals surface area contributed by atoms with Crippen LogP contribution in [-0.4, -0.2) is 26.6 Å². The fraction of sp³-hybridized carbons (Fsp3) is 0.278. The van der Waals surface area contributed by atoms with Crippen LogP contribution in [0.15, 0.2) is 34.1 Å². The molecule has 2 aromatic carbocycles. The number of hydrogen-bond acceptors (Lipinski definition) is 5. The number of nitrogens with two attached hydrogens (primary N) is 1. The summed E-state index contributed by atoms with van der Waals surface area (Å²) in [6, 6.07) is 5.81. The summed E-state index contributed by atoms with van der Waals surface area (Å²) in [5, 5.41) is 9.68. The molecule has 0 saturated heterocycles. The number of anilines is 1. The van der Waals surface area contributed by atoms with Crippen molar-refractivity contribution in [3.8, 4) is 5.75 Å². The molecule has 2 aromatic rings. The lowest BCUT2D eigenvalue weighted by Crippen LogP contribution is -2.17. The number of benzene rings is 2. The maximum absolute atomic E-state index is 13.2. The van der Waals surface area contributed by atoms with E-state index >= 15 is 0 Å². The van der Waals surface area contributed by atoms with Crippen molar-refractivity contribution in [1.82, 2.24) is 0 Å². The third kappa shape index (κ3) is 3.07. The van der Waals surface area contributed by atoms with Gasteiger partial charge in [-0.05, 0) is 61.2 Å². The summed E-state index contributed by atoms with van der Waals surface area (Å²) in [5.41, 5.74) is 7.45. The molecule has 0 heterocycles. The molecule has 0 atom stereocenters. The van der Waals surface area contributed by atoms with Gasteiger partial charge in [-0.1, -0.05) is 6.92 Å². The number of carboxylic acid groups (broad SMARTS) is 1. The molecular formula is C18H21NO5S. The summed E-state index contributed by atoms with van der Waals surface area (Å²) in [6.45, 7) is 5.01. The van der Waals surface area contributed by atoms with Gasteiger partial charge >= 0.3 is 5.97 Å². The molecule has 0 unspecified atom stereocenters. The lowest BCUT2D eigenvalue weighted by Gasteiger charge is -2.19. The quantitative estimate of drug-likeness (QED) is 0.791. The van der Waals surface area contributed by atoms with Gasteiger partial charge in [0.05, 0.1) is 22.5 Å². The van der Waals surface area contributed by atoms with E-state index in [9.17, 15) is 18.3 Å². The maximum atomic E-state index is 13.2. The summed E-state index contributed by atoms with van der Waals surface area (Å²) >= 11 is 0. The molecule has 0 spiro atoms. The van der Waals surface area contributed by atoms with Gasteiger partial charge in [0.15, 0.2) is 0 Å². The van der Waals surface area contributed by atoms with Crippen LogP contribution in [0, 0.1) is 13.8 Å². The third-order valence-electron chi connectivity index (χ3n) is 4.34. The average Bonchev–Trinajstić information content (AvgIpc) is 2.59. The van der Waals surface area contributed by atoms with Crippen molar-refractivity contribution >= 4 is 21.5 Å². The Hall–Kier alpha value is -2.54. The first kappa shape index (κ1) is 18.8. The largest absolute Gasteiger partial charge is 0.497 e. The molecule has 7 heteroatoms. The molecule has 0 aliphatic carbocycles. The van der Waals surface area contributed by atoms with Gasteiger partial charge in [0.2, 0.25) is 9.84 Å². The van der Waals surface area contributed by atoms with Crippen LogP contribution in [0.3, 0.4) is 0 Å². The van der Waals surface area contributed by atoms with Crippen molar-refractivity contribution in [3.05, 3.63) is 46.5 Å². The number of methoxy groups -OCH3 is 1. The summed E-state index contributed by atoms with van der Waals surface area (Å²) in [4.78, 5) is 11.6. The van der Waals surface area contributed by atoms with Gasteiger partial charge < -0.3 is 15.6 Å². The Bertz CT molecular complexity index is 931. The topological polar surface area (TPSA) is 107 Å². The van der Waals surface area contributed by atoms with Crippen LogP contribution in [0.25, 0.3) is 0 Å². The molecule has 2 rings (SSSR count). The Kier molecular flexibility index (Phi) is 5.08. The van der Waals surface area contributed by atoms with Crippen LogP contribution in [-0.2, 0) is 16.3 Å². The van der Waals surface area contributed by atoms with Crippen molar-refractivity contribution in [3.63, 3.8) is 0 Å². The van der Waals surface area contributed by atoms with E-state index in [1.54, 1.807) is 13.8 Å². The number of carbonyl (C=O) groups is 1. The highest BCUT2D eigenvalue weighted by atomic mass is 32.2. The van der Waals surface area contributed by atoms with Gasteiger partial charge in [-0.15, -0.1) is 0 Å². The van der Waals surface area contributed by atoms with Crippen molar-refractivity contribution in [1.29, 1.82) is 0 Å². The lowest BCUT2D eigenvalue weighted by molar-refractivity contribution is 0.0691. The molecule has 0 amide bonds. The first-order valence-corrected chi connectivity index (χ1v) is 9.19. The fourth-order valence-corrected chi connectivity index (χ4v) is 4.68. The fourth-order valence-electron chi connectivity index (χ4n) is 2.95. The van der Waals surface area contributed by atoms with E-state index < -0.39 is 15.8 Å². The minimum atomic E-state index is -4.06. The number of rotatable bonds is 5. The zero-order valence-corrected chi connectivity index (χ0v) is 15.4. The van der Waals surface area contributed by atoms with E-state index in [1.807, 2.05) is 0 Å². The van der Waals surface area contributed by atoms with Crippen LogP contribution in [0.4, 0.5) is 5.69 Å². The first-order chi connectivity index (χ1) is 11.7. The molecule has 0 aromatic heterocycles. The number of carboxylic acids is 1. The monoisotopic (exact) mass is 363 g/mol. The molecular weight excluding hydrogens is 342 g/mol. The Labute approximate surface area is 147 Å². The van der Waals surface area contributed by atoms with Gasteiger partial charge in [0.1, 0.15) is 5.75 Å². The Balaban J connectivity index is 2.88. The highest BCUT2D eigenvalue weighted by Gasteiger charge is 2.31. The Morgan fingerprint density at radius 1 is 1.16 bits per heavy atom. The third-order valence-corrected chi connectivity index (χ3v) is 6.28. The molecule has 0 aliphatic heterocycles. The van der Waals surface area contributed by atoms with Gasteiger partial charge in [-0.2, -0.15) is 0 Å². The normalized spacial score (nSPS) is 11.4. The van der Waals surface area contributed by atoms with Crippen LogP contribution < -0.4 is 10.5 Å². The van der Waals surface area contributed by atoms with Crippen LogP contribution in [0.1, 0.15) is 34.0 Å². The second-order valence-corrected chi connectivity index (χ2v) is 7.57. The van der Waals surface area contributed by atoms with Crippen molar-refractivity contribution in [2.75, 3.05) is 12.8 Å². The van der Waals surface area contributed by atoms with E-state index in [2.05, 4.69) is 0 Å². The minimum absolute atomic E-state index is 0.00999. The Morgan fingerprint density at radius 3 is 2.16 bits per heavy atom. The molecule has 6 nitrogen and oxygen atoms in total. The minimum Gasteiger partial charge on any atom is -0.497 e. The SMILES string of the molecule is CCc1c(C)c(N)c(C)c(S(=O)(=O)c2ccc(OC)cc2)c1C(=O)O. The predicted molar refractivity (Wildman–Crippen MR) is 95.1 cm³/mol. The van der Waals surface area contributed by atoms with E-state index in [1.165, 1.54) is 38.3 Å². The Morgan fingerprint density at radius 2 is 1.72 bits per heavy atom. The molecule has 134 valence electrons. The van der Waals surface area contributed by atoms with Crippen molar-refractivity contribution in [2.45, 2.75) is 37.0 Å². The highest BCUT2D eigenvalue weighted by molar-refractivity contribution is 7.91. The molecule has 0 fully saturated rings. The van der Waals surface area contributed by atoms with Crippen molar-refractivity contribution in [2.24, 2.45) is 0 Å². The van der Waals surface area contributed by atoms with E-state index in [-0.39, 0.29) is 20.9 Å². The molecule has 0 bridgehead atoms. The highest BCUT2D eigenvalue weighted by Crippen LogP contribution is 2.36. The number of ether oxygens (including phenoxy) is 1. The molecule has 0 radical (unpaired) electrons. The van der Waals surface area contributed by atoms with Crippen LogP contribution >= 0.6 is 0 Å². The standard InChI is InChI=1S/C18H21NO5S/c1-5-14-10(2)16(19)11(3)17(15(14)18(20)21)25(22,23)13-8-6-12(24-4)7-9-13/h6-9H,5,19H2,1-4H3,(H,20,21). The summed E-state index contributed by atoms with van der Waals surface area (Å²) in [6.07, 6.45) is 0.364. The average molecular weight is 363 g/mol. The number of aromatic carboxylic acids is 1. The van der Waals surface area contributed by atoms with Crippen LogP contribution in [0.5, 0.6) is 5.75 Å². The zero-order valence-electron chi connectivity index (χ0n) is 14.6. The van der Waals surface area contributed by atoms with Gasteiger partial charge in [-0.3, -0.25) is 0 Å². The summed E-state index contributed by atoms with van der Waals surface area (Å²) < 4.78 is 31.3. The summed E-state index contributed by atoms with van der Waals surface area (Å²) in [5.74, 6) is -0.776.